The SMILES string of the molecule is COc1ccc(-c2csc(-c3cccc(F)c3)n2)cc1F. The summed E-state index contributed by atoms with van der Waals surface area (Å²) in [6.45, 7) is 0. The van der Waals surface area contributed by atoms with E-state index in [-0.39, 0.29) is 11.6 Å². The molecule has 0 saturated heterocycles. The predicted octanol–water partition coefficient (Wildman–Crippen LogP) is 4.76. The number of halogens is 2. The maximum absolute atomic E-state index is 13.7. The number of nitrogens with zero attached hydrogens (tertiary/aromatic N) is 1. The van der Waals surface area contributed by atoms with Crippen LogP contribution in [0.25, 0.3) is 21.8 Å². The van der Waals surface area contributed by atoms with Gasteiger partial charge in [0.1, 0.15) is 10.8 Å². The van der Waals surface area contributed by atoms with E-state index >= 15 is 0 Å². The lowest BCUT2D eigenvalue weighted by atomic mass is 10.1. The van der Waals surface area contributed by atoms with Crippen LogP contribution in [-0.2, 0) is 0 Å². The van der Waals surface area contributed by atoms with Gasteiger partial charge in [-0.2, -0.15) is 0 Å². The quantitative estimate of drug-likeness (QED) is 0.695. The first-order valence-corrected chi connectivity index (χ1v) is 7.11. The summed E-state index contributed by atoms with van der Waals surface area (Å²) in [5.41, 5.74) is 2.02. The highest BCUT2D eigenvalue weighted by Gasteiger charge is 2.10. The molecule has 0 aliphatic heterocycles. The van der Waals surface area contributed by atoms with E-state index < -0.39 is 5.82 Å². The fraction of sp³-hybridized carbons (Fsp3) is 0.0625. The summed E-state index contributed by atoms with van der Waals surface area (Å²) < 4.78 is 31.8. The first kappa shape index (κ1) is 13.7. The number of ether oxygens (including phenoxy) is 1. The summed E-state index contributed by atoms with van der Waals surface area (Å²) >= 11 is 1.39. The topological polar surface area (TPSA) is 22.1 Å². The van der Waals surface area contributed by atoms with Crippen LogP contribution in [0.3, 0.4) is 0 Å². The Hall–Kier alpha value is -2.27. The molecule has 0 bridgehead atoms. The van der Waals surface area contributed by atoms with Crippen molar-refractivity contribution in [1.29, 1.82) is 0 Å². The zero-order valence-electron chi connectivity index (χ0n) is 11.1. The van der Waals surface area contributed by atoms with Gasteiger partial charge in [0.05, 0.1) is 12.8 Å². The van der Waals surface area contributed by atoms with Crippen LogP contribution in [0.15, 0.2) is 47.8 Å². The molecule has 2 nitrogen and oxygen atoms in total. The second kappa shape index (κ2) is 5.61. The number of thiazole rings is 1. The maximum Gasteiger partial charge on any atom is 0.165 e. The molecule has 5 heteroatoms. The maximum atomic E-state index is 13.7. The second-order valence-corrected chi connectivity index (χ2v) is 5.26. The first-order chi connectivity index (χ1) is 10.2. The van der Waals surface area contributed by atoms with E-state index in [2.05, 4.69) is 4.98 Å². The van der Waals surface area contributed by atoms with E-state index in [4.69, 9.17) is 4.74 Å². The molecular weight excluding hydrogens is 292 g/mol. The van der Waals surface area contributed by atoms with E-state index in [1.54, 1.807) is 24.3 Å². The minimum Gasteiger partial charge on any atom is -0.494 e. The van der Waals surface area contributed by atoms with Crippen molar-refractivity contribution in [2.24, 2.45) is 0 Å². The average molecular weight is 303 g/mol. The van der Waals surface area contributed by atoms with Gasteiger partial charge in [-0.3, -0.25) is 0 Å². The zero-order chi connectivity index (χ0) is 14.8. The zero-order valence-corrected chi connectivity index (χ0v) is 12.0. The van der Waals surface area contributed by atoms with Crippen LogP contribution in [0.4, 0.5) is 8.78 Å². The van der Waals surface area contributed by atoms with Gasteiger partial charge in [-0.15, -0.1) is 11.3 Å². The van der Waals surface area contributed by atoms with Crippen molar-refractivity contribution in [1.82, 2.24) is 4.98 Å². The second-order valence-electron chi connectivity index (χ2n) is 4.40. The van der Waals surface area contributed by atoms with E-state index in [1.165, 1.54) is 36.6 Å². The van der Waals surface area contributed by atoms with Gasteiger partial charge in [0.25, 0.3) is 0 Å². The van der Waals surface area contributed by atoms with E-state index in [1.807, 2.05) is 5.38 Å². The van der Waals surface area contributed by atoms with Crippen molar-refractivity contribution in [2.75, 3.05) is 7.11 Å². The Morgan fingerprint density at radius 1 is 1.05 bits per heavy atom. The third kappa shape index (κ3) is 2.78. The molecule has 0 unspecified atom stereocenters. The lowest BCUT2D eigenvalue weighted by Crippen LogP contribution is -1.88. The molecule has 0 amide bonds. The molecule has 0 N–H and O–H groups in total. The molecule has 0 atom stereocenters. The van der Waals surface area contributed by atoms with Crippen molar-refractivity contribution < 1.29 is 13.5 Å². The largest absolute Gasteiger partial charge is 0.494 e. The molecule has 2 aromatic carbocycles. The molecule has 0 aliphatic carbocycles. The Morgan fingerprint density at radius 2 is 1.90 bits per heavy atom. The molecule has 0 saturated carbocycles. The van der Waals surface area contributed by atoms with E-state index in [0.29, 0.717) is 21.8 Å². The van der Waals surface area contributed by atoms with Gasteiger partial charge in [0.2, 0.25) is 0 Å². The molecule has 0 fully saturated rings. The van der Waals surface area contributed by atoms with Crippen molar-refractivity contribution in [3.05, 3.63) is 59.5 Å². The minimum absolute atomic E-state index is 0.194. The summed E-state index contributed by atoms with van der Waals surface area (Å²) in [5.74, 6) is -0.547. The molecule has 1 aromatic heterocycles. The highest BCUT2D eigenvalue weighted by molar-refractivity contribution is 7.13. The fourth-order valence-corrected chi connectivity index (χ4v) is 2.81. The van der Waals surface area contributed by atoms with E-state index in [0.717, 1.165) is 0 Å². The third-order valence-electron chi connectivity index (χ3n) is 3.02. The molecule has 0 radical (unpaired) electrons. The van der Waals surface area contributed by atoms with Crippen LogP contribution >= 0.6 is 11.3 Å². The summed E-state index contributed by atoms with van der Waals surface area (Å²) in [5, 5.41) is 2.52. The summed E-state index contributed by atoms with van der Waals surface area (Å²) in [4.78, 5) is 4.43. The van der Waals surface area contributed by atoms with Crippen LogP contribution in [0, 0.1) is 11.6 Å². The highest BCUT2D eigenvalue weighted by Crippen LogP contribution is 2.31. The van der Waals surface area contributed by atoms with Gasteiger partial charge in [-0.05, 0) is 30.3 Å². The van der Waals surface area contributed by atoms with Gasteiger partial charge in [0, 0.05) is 16.5 Å². The smallest absolute Gasteiger partial charge is 0.165 e. The summed E-state index contributed by atoms with van der Waals surface area (Å²) in [6, 6.07) is 10.9. The van der Waals surface area contributed by atoms with Crippen molar-refractivity contribution in [3.63, 3.8) is 0 Å². The van der Waals surface area contributed by atoms with Crippen LogP contribution in [0.2, 0.25) is 0 Å². The first-order valence-electron chi connectivity index (χ1n) is 6.23. The lowest BCUT2D eigenvalue weighted by Gasteiger charge is -2.03. The number of methoxy groups -OCH3 is 1. The Morgan fingerprint density at radius 3 is 2.62 bits per heavy atom. The van der Waals surface area contributed by atoms with Gasteiger partial charge in [-0.25, -0.2) is 13.8 Å². The molecule has 0 aliphatic rings. The number of rotatable bonds is 3. The lowest BCUT2D eigenvalue weighted by molar-refractivity contribution is 0.386. The molecule has 106 valence electrons. The molecule has 0 spiro atoms. The normalized spacial score (nSPS) is 10.6. The van der Waals surface area contributed by atoms with Crippen molar-refractivity contribution >= 4 is 11.3 Å². The Kier molecular flexibility index (Phi) is 3.66. The molecule has 3 aromatic rings. The summed E-state index contributed by atoms with van der Waals surface area (Å²) in [7, 11) is 1.42. The van der Waals surface area contributed by atoms with Crippen molar-refractivity contribution in [3.8, 4) is 27.6 Å². The molecule has 1 heterocycles. The van der Waals surface area contributed by atoms with Crippen LogP contribution < -0.4 is 4.74 Å². The van der Waals surface area contributed by atoms with Gasteiger partial charge in [-0.1, -0.05) is 12.1 Å². The number of hydrogen-bond acceptors (Lipinski definition) is 3. The standard InChI is InChI=1S/C16H11F2NOS/c1-20-15-6-5-10(8-13(15)18)14-9-21-16(19-14)11-3-2-4-12(17)7-11/h2-9H,1H3. The Balaban J connectivity index is 1.96. The fourth-order valence-electron chi connectivity index (χ4n) is 1.99. The molecule has 3 rings (SSSR count). The number of benzene rings is 2. The third-order valence-corrected chi connectivity index (χ3v) is 3.91. The van der Waals surface area contributed by atoms with Gasteiger partial charge in [0.15, 0.2) is 11.6 Å². The Bertz CT molecular complexity index is 785. The molecule has 21 heavy (non-hydrogen) atoms. The van der Waals surface area contributed by atoms with Gasteiger partial charge < -0.3 is 4.74 Å². The van der Waals surface area contributed by atoms with E-state index in [9.17, 15) is 8.78 Å². The van der Waals surface area contributed by atoms with Gasteiger partial charge >= 0.3 is 0 Å². The number of hydrogen-bond donors (Lipinski definition) is 0. The monoisotopic (exact) mass is 303 g/mol. The van der Waals surface area contributed by atoms with Crippen molar-refractivity contribution in [2.45, 2.75) is 0 Å². The minimum atomic E-state index is -0.435. The highest BCUT2D eigenvalue weighted by atomic mass is 32.1. The molecular formula is C16H11F2NOS. The van der Waals surface area contributed by atoms with Crippen LogP contribution in [0.5, 0.6) is 5.75 Å². The van der Waals surface area contributed by atoms with Crippen LogP contribution in [-0.4, -0.2) is 12.1 Å². The summed E-state index contributed by atoms with van der Waals surface area (Å²) in [6.07, 6.45) is 0. The Labute approximate surface area is 124 Å². The predicted molar refractivity (Wildman–Crippen MR) is 79.5 cm³/mol. The average Bonchev–Trinajstić information content (AvgIpc) is 2.97. The van der Waals surface area contributed by atoms with Crippen LogP contribution in [0.1, 0.15) is 0 Å². The number of aromatic nitrogens is 1.